The molecule has 0 saturated heterocycles. The molecule has 3 heteroatoms. The fourth-order valence-corrected chi connectivity index (χ4v) is 1.60. The number of hydrogen-bond donors (Lipinski definition) is 1. The van der Waals surface area contributed by atoms with E-state index in [1.165, 1.54) is 0 Å². The van der Waals surface area contributed by atoms with Crippen LogP contribution in [0, 0.1) is 0 Å². The Morgan fingerprint density at radius 2 is 1.75 bits per heavy atom. The summed E-state index contributed by atoms with van der Waals surface area (Å²) in [6.45, 7) is 7.83. The normalized spacial score (nSPS) is 16.8. The third-order valence-electron chi connectivity index (χ3n) is 2.91. The van der Waals surface area contributed by atoms with Crippen molar-refractivity contribution in [1.29, 1.82) is 0 Å². The summed E-state index contributed by atoms with van der Waals surface area (Å²) in [6.07, 6.45) is 0. The second-order valence-corrected chi connectivity index (χ2v) is 4.09. The molecule has 1 aliphatic rings. The second-order valence-electron chi connectivity index (χ2n) is 4.09. The summed E-state index contributed by atoms with van der Waals surface area (Å²) in [6, 6.07) is 7.82. The largest absolute Gasteiger partial charge is 0.359 e. The van der Waals surface area contributed by atoms with Crippen LogP contribution in [0.4, 0.5) is 11.4 Å². The molecule has 0 radical (unpaired) electrons. The standard InChI is InChI=1S/C11H14N2O.C2H6/c1-11(2)10(14)12-8-6-4-5-7-9(8)13(11)3;1-2/h4-7H,1-3H3,(H,12,14);1-2H3. The molecule has 0 saturated carbocycles. The topological polar surface area (TPSA) is 32.3 Å². The van der Waals surface area contributed by atoms with Gasteiger partial charge in [-0.1, -0.05) is 26.0 Å². The van der Waals surface area contributed by atoms with Gasteiger partial charge in [0.25, 0.3) is 0 Å². The van der Waals surface area contributed by atoms with Gasteiger partial charge in [0.2, 0.25) is 5.91 Å². The zero-order chi connectivity index (χ0) is 12.3. The van der Waals surface area contributed by atoms with Gasteiger partial charge in [0, 0.05) is 7.05 Å². The zero-order valence-corrected chi connectivity index (χ0v) is 10.7. The van der Waals surface area contributed by atoms with E-state index in [1.807, 2.05) is 63.9 Å². The quantitative estimate of drug-likeness (QED) is 0.729. The van der Waals surface area contributed by atoms with E-state index in [1.54, 1.807) is 0 Å². The molecule has 0 unspecified atom stereocenters. The first kappa shape index (κ1) is 12.6. The van der Waals surface area contributed by atoms with Gasteiger partial charge in [0.15, 0.2) is 0 Å². The van der Waals surface area contributed by atoms with Crippen LogP contribution in [0.15, 0.2) is 24.3 Å². The van der Waals surface area contributed by atoms with Crippen molar-refractivity contribution in [3.05, 3.63) is 24.3 Å². The summed E-state index contributed by atoms with van der Waals surface area (Å²) in [4.78, 5) is 13.7. The maximum Gasteiger partial charge on any atom is 0.249 e. The zero-order valence-electron chi connectivity index (χ0n) is 10.7. The van der Waals surface area contributed by atoms with E-state index in [0.29, 0.717) is 0 Å². The summed E-state index contributed by atoms with van der Waals surface area (Å²) in [7, 11) is 1.94. The third-order valence-corrected chi connectivity index (χ3v) is 2.91. The Balaban J connectivity index is 0.000000606. The number of likely N-dealkylation sites (N-methyl/N-ethyl adjacent to an activating group) is 1. The number of carbonyl (C=O) groups excluding carboxylic acids is 1. The van der Waals surface area contributed by atoms with Crippen LogP contribution in [0.5, 0.6) is 0 Å². The van der Waals surface area contributed by atoms with E-state index >= 15 is 0 Å². The summed E-state index contributed by atoms with van der Waals surface area (Å²) < 4.78 is 0. The maximum atomic E-state index is 11.7. The number of nitrogens with one attached hydrogen (secondary N) is 1. The molecular formula is C13H20N2O. The Kier molecular flexibility index (Phi) is 3.58. The van der Waals surface area contributed by atoms with E-state index in [9.17, 15) is 4.79 Å². The number of benzene rings is 1. The molecule has 1 N–H and O–H groups in total. The molecule has 2 rings (SSSR count). The highest BCUT2D eigenvalue weighted by Gasteiger charge is 2.37. The number of anilines is 2. The van der Waals surface area contributed by atoms with Crippen molar-refractivity contribution in [3.8, 4) is 0 Å². The van der Waals surface area contributed by atoms with Gasteiger partial charge in [-0.2, -0.15) is 0 Å². The molecule has 0 fully saturated rings. The number of para-hydroxylation sites is 2. The van der Waals surface area contributed by atoms with Crippen LogP contribution in [0.1, 0.15) is 27.7 Å². The van der Waals surface area contributed by atoms with E-state index < -0.39 is 5.54 Å². The van der Waals surface area contributed by atoms with Crippen LogP contribution in [-0.2, 0) is 4.79 Å². The van der Waals surface area contributed by atoms with E-state index in [2.05, 4.69) is 5.32 Å². The molecule has 0 atom stereocenters. The summed E-state index contributed by atoms with van der Waals surface area (Å²) >= 11 is 0. The van der Waals surface area contributed by atoms with Gasteiger partial charge in [-0.25, -0.2) is 0 Å². The molecule has 0 spiro atoms. The fraction of sp³-hybridized carbons (Fsp3) is 0.462. The molecule has 88 valence electrons. The fourth-order valence-electron chi connectivity index (χ4n) is 1.60. The Morgan fingerprint density at radius 1 is 1.19 bits per heavy atom. The number of hydrogen-bond acceptors (Lipinski definition) is 2. The smallest absolute Gasteiger partial charge is 0.249 e. The second kappa shape index (κ2) is 4.56. The first-order valence-corrected chi connectivity index (χ1v) is 5.68. The maximum absolute atomic E-state index is 11.7. The van der Waals surface area contributed by atoms with Crippen molar-refractivity contribution in [2.24, 2.45) is 0 Å². The van der Waals surface area contributed by atoms with Crippen LogP contribution >= 0.6 is 0 Å². The van der Waals surface area contributed by atoms with Gasteiger partial charge in [-0.05, 0) is 26.0 Å². The number of amides is 1. The van der Waals surface area contributed by atoms with Gasteiger partial charge in [0.05, 0.1) is 11.4 Å². The lowest BCUT2D eigenvalue weighted by Crippen LogP contribution is -2.54. The minimum atomic E-state index is -0.478. The van der Waals surface area contributed by atoms with Gasteiger partial charge in [-0.3, -0.25) is 4.79 Å². The highest BCUT2D eigenvalue weighted by atomic mass is 16.2. The van der Waals surface area contributed by atoms with Gasteiger partial charge in [0.1, 0.15) is 5.54 Å². The van der Waals surface area contributed by atoms with Gasteiger partial charge < -0.3 is 10.2 Å². The molecule has 1 aromatic carbocycles. The van der Waals surface area contributed by atoms with Crippen molar-refractivity contribution in [2.75, 3.05) is 17.3 Å². The Labute approximate surface area is 97.5 Å². The summed E-state index contributed by atoms with van der Waals surface area (Å²) in [5, 5.41) is 2.90. The Bertz CT molecular complexity index is 385. The molecule has 1 aromatic rings. The molecular weight excluding hydrogens is 200 g/mol. The average Bonchev–Trinajstić information content (AvgIpc) is 2.30. The molecule has 16 heavy (non-hydrogen) atoms. The van der Waals surface area contributed by atoms with E-state index in [-0.39, 0.29) is 5.91 Å². The Hall–Kier alpha value is -1.51. The van der Waals surface area contributed by atoms with Crippen LogP contribution in [0.25, 0.3) is 0 Å². The van der Waals surface area contributed by atoms with Crippen molar-refractivity contribution in [2.45, 2.75) is 33.2 Å². The predicted molar refractivity (Wildman–Crippen MR) is 68.9 cm³/mol. The first-order valence-electron chi connectivity index (χ1n) is 5.68. The van der Waals surface area contributed by atoms with Crippen molar-refractivity contribution in [1.82, 2.24) is 0 Å². The lowest BCUT2D eigenvalue weighted by atomic mass is 9.97. The summed E-state index contributed by atoms with van der Waals surface area (Å²) in [5.74, 6) is 0.0405. The molecule has 3 nitrogen and oxygen atoms in total. The van der Waals surface area contributed by atoms with E-state index in [4.69, 9.17) is 0 Å². The lowest BCUT2D eigenvalue weighted by Gasteiger charge is -2.41. The van der Waals surface area contributed by atoms with Crippen molar-refractivity contribution >= 4 is 17.3 Å². The van der Waals surface area contributed by atoms with Crippen LogP contribution in [0.2, 0.25) is 0 Å². The summed E-state index contributed by atoms with van der Waals surface area (Å²) in [5.41, 5.74) is 1.48. The molecule has 0 aliphatic carbocycles. The minimum absolute atomic E-state index is 0.0405. The first-order chi connectivity index (χ1) is 7.53. The van der Waals surface area contributed by atoms with E-state index in [0.717, 1.165) is 11.4 Å². The SMILES string of the molecule is CC.CN1c2ccccc2NC(=O)C1(C)C. The van der Waals surface area contributed by atoms with Gasteiger partial charge in [-0.15, -0.1) is 0 Å². The van der Waals surface area contributed by atoms with Crippen molar-refractivity contribution in [3.63, 3.8) is 0 Å². The number of nitrogens with zero attached hydrogens (tertiary/aromatic N) is 1. The minimum Gasteiger partial charge on any atom is -0.359 e. The predicted octanol–water partition coefficient (Wildman–Crippen LogP) is 2.88. The van der Waals surface area contributed by atoms with Crippen LogP contribution in [0.3, 0.4) is 0 Å². The third kappa shape index (κ3) is 1.90. The molecule has 0 bridgehead atoms. The molecule has 1 amide bonds. The molecule has 1 aliphatic heterocycles. The molecule has 0 aromatic heterocycles. The number of fused-ring (bicyclic) bond motifs is 1. The van der Waals surface area contributed by atoms with Crippen molar-refractivity contribution < 1.29 is 4.79 Å². The molecule has 1 heterocycles. The van der Waals surface area contributed by atoms with Crippen LogP contribution in [-0.4, -0.2) is 18.5 Å². The monoisotopic (exact) mass is 220 g/mol. The highest BCUT2D eigenvalue weighted by molar-refractivity contribution is 6.05. The lowest BCUT2D eigenvalue weighted by molar-refractivity contribution is -0.120. The number of rotatable bonds is 0. The number of carbonyl (C=O) groups is 1. The average molecular weight is 220 g/mol. The van der Waals surface area contributed by atoms with Gasteiger partial charge >= 0.3 is 0 Å². The Morgan fingerprint density at radius 3 is 2.38 bits per heavy atom. The van der Waals surface area contributed by atoms with Crippen LogP contribution < -0.4 is 10.2 Å². The highest BCUT2D eigenvalue weighted by Crippen LogP contribution is 2.34.